The second-order valence-corrected chi connectivity index (χ2v) is 28.8. The monoisotopic (exact) mass is 660 g/mol. The third kappa shape index (κ3) is 8.25. The zero-order valence-electron chi connectivity index (χ0n) is 29.3. The SMILES string of the molecule is CC(C)(C)c1cc(C[S]2=[Ti]=[S](Cc3cc(C(C)(C)C)cc(C(C)(C)C)c3O)C3CCCCCCC32)c(O)c(C(C)(C)C)c1. The molecule has 5 heteroatoms. The fourth-order valence-corrected chi connectivity index (χ4v) is 27.4. The summed E-state index contributed by atoms with van der Waals surface area (Å²) in [4.78, 5) is 0. The van der Waals surface area contributed by atoms with Gasteiger partial charge in [0.05, 0.1) is 0 Å². The standard InChI is InChI=1S/C38H60O2S2.Ti/c1-35(2,3)27-19-25(33(39)29(21-27)37(7,8)9)23-41-31-17-15-13-14-16-18-32(31)42-24-26-20-28(36(4,5)6)22-30(34(26)40)38(10,11)12;/h19-22,31-32,39-40H,13-18,23-24H2,1-12H3;. The van der Waals surface area contributed by atoms with Crippen LogP contribution in [0.2, 0.25) is 0 Å². The number of benzene rings is 2. The van der Waals surface area contributed by atoms with E-state index in [0.29, 0.717) is 27.4 Å². The van der Waals surface area contributed by atoms with Crippen LogP contribution in [-0.4, -0.2) is 20.7 Å². The molecule has 240 valence electrons. The van der Waals surface area contributed by atoms with Crippen LogP contribution < -0.4 is 0 Å². The third-order valence-electron chi connectivity index (χ3n) is 9.43. The molecule has 2 aliphatic rings. The van der Waals surface area contributed by atoms with E-state index in [4.69, 9.17) is 0 Å². The van der Waals surface area contributed by atoms with Crippen LogP contribution in [0.5, 0.6) is 11.5 Å². The number of aromatic hydroxyl groups is 2. The second-order valence-electron chi connectivity index (χ2n) is 17.4. The molecule has 0 spiro atoms. The van der Waals surface area contributed by atoms with E-state index in [9.17, 15) is 10.2 Å². The van der Waals surface area contributed by atoms with Gasteiger partial charge in [0.1, 0.15) is 0 Å². The van der Waals surface area contributed by atoms with Crippen LogP contribution in [0.1, 0.15) is 155 Å². The summed E-state index contributed by atoms with van der Waals surface area (Å²) in [6.45, 7) is 27.2. The molecule has 1 saturated carbocycles. The molecule has 1 heterocycles. The second kappa shape index (κ2) is 12.9. The summed E-state index contributed by atoms with van der Waals surface area (Å²) in [5, 5.41) is 25.0. The predicted octanol–water partition coefficient (Wildman–Crippen LogP) is 11.5. The fraction of sp³-hybridized carbons (Fsp3) is 0.684. The number of hydrogen-bond donors (Lipinski definition) is 2. The zero-order valence-corrected chi connectivity index (χ0v) is 32.5. The maximum absolute atomic E-state index is 11.7. The number of rotatable bonds is 4. The molecule has 4 rings (SSSR count). The van der Waals surface area contributed by atoms with Gasteiger partial charge in [-0.1, -0.05) is 0 Å². The molecule has 0 aromatic heterocycles. The Balaban J connectivity index is 1.86. The van der Waals surface area contributed by atoms with Gasteiger partial charge >= 0.3 is 276 Å². The molecule has 2 nitrogen and oxygen atoms in total. The Labute approximate surface area is 274 Å². The molecule has 1 fully saturated rings. The molecule has 2 aromatic carbocycles. The van der Waals surface area contributed by atoms with E-state index in [1.165, 1.54) is 60.8 Å². The minimum atomic E-state index is -0.244. The molecule has 2 aromatic rings. The Morgan fingerprint density at radius 3 is 1.21 bits per heavy atom. The predicted molar refractivity (Wildman–Crippen MR) is 189 cm³/mol. The minimum absolute atomic E-state index is 0.0466. The first kappa shape index (κ1) is 35.3. The Morgan fingerprint density at radius 1 is 0.558 bits per heavy atom. The summed E-state index contributed by atoms with van der Waals surface area (Å²) in [7, 11) is 0.693. The molecule has 1 aliphatic carbocycles. The average Bonchev–Trinajstić information content (AvgIpc) is 3.12. The van der Waals surface area contributed by atoms with Gasteiger partial charge in [-0.05, 0) is 0 Å². The van der Waals surface area contributed by atoms with Crippen LogP contribution >= 0.6 is 15.9 Å². The van der Waals surface area contributed by atoms with Crippen molar-refractivity contribution in [3.8, 4) is 11.5 Å². The normalized spacial score (nSPS) is 23.6. The fourth-order valence-electron chi connectivity index (χ4n) is 6.56. The van der Waals surface area contributed by atoms with Crippen molar-refractivity contribution in [1.29, 1.82) is 0 Å². The van der Waals surface area contributed by atoms with Crippen molar-refractivity contribution in [1.82, 2.24) is 0 Å². The van der Waals surface area contributed by atoms with Crippen molar-refractivity contribution in [2.45, 2.75) is 165 Å². The van der Waals surface area contributed by atoms with Gasteiger partial charge in [-0.25, -0.2) is 0 Å². The molecular weight excluding hydrogens is 600 g/mol. The molecule has 0 bridgehead atoms. The van der Waals surface area contributed by atoms with E-state index in [0.717, 1.165) is 33.1 Å². The van der Waals surface area contributed by atoms with Gasteiger partial charge in [0.15, 0.2) is 0 Å². The molecular formula is C38H60O2S2Ti. The molecule has 4 unspecified atom stereocenters. The molecule has 0 radical (unpaired) electrons. The van der Waals surface area contributed by atoms with Crippen LogP contribution in [0.15, 0.2) is 24.3 Å². The summed E-state index contributed by atoms with van der Waals surface area (Å²) in [6, 6.07) is 9.25. The third-order valence-corrected chi connectivity index (χ3v) is 25.4. The summed E-state index contributed by atoms with van der Waals surface area (Å²) in [5.74, 6) is 3.20. The van der Waals surface area contributed by atoms with Gasteiger partial charge in [0, 0.05) is 0 Å². The van der Waals surface area contributed by atoms with Crippen molar-refractivity contribution < 1.29 is 25.7 Å². The molecule has 0 saturated heterocycles. The van der Waals surface area contributed by atoms with Crippen LogP contribution in [0, 0.1) is 0 Å². The van der Waals surface area contributed by atoms with Crippen molar-refractivity contribution in [3.05, 3.63) is 57.6 Å². The molecule has 4 atom stereocenters. The van der Waals surface area contributed by atoms with Gasteiger partial charge in [-0.2, -0.15) is 0 Å². The topological polar surface area (TPSA) is 40.5 Å². The summed E-state index contributed by atoms with van der Waals surface area (Å²) in [6.07, 6.45) is 8.16. The quantitative estimate of drug-likeness (QED) is 0.320. The Morgan fingerprint density at radius 2 is 0.907 bits per heavy atom. The van der Waals surface area contributed by atoms with Gasteiger partial charge in [-0.15, -0.1) is 0 Å². The molecule has 0 amide bonds. The van der Waals surface area contributed by atoms with Crippen molar-refractivity contribution in [2.24, 2.45) is 0 Å². The van der Waals surface area contributed by atoms with E-state index < -0.39 is 0 Å². The van der Waals surface area contributed by atoms with Gasteiger partial charge in [-0.3, -0.25) is 0 Å². The molecule has 43 heavy (non-hydrogen) atoms. The Kier molecular flexibility index (Phi) is 10.6. The maximum atomic E-state index is 11.7. The average molecular weight is 661 g/mol. The molecule has 1 aliphatic heterocycles. The van der Waals surface area contributed by atoms with Crippen LogP contribution in [-0.2, 0) is 48.6 Å². The number of fused-ring (bicyclic) bond motifs is 1. The number of hydrogen-bond acceptors (Lipinski definition) is 2. The first-order valence-corrected chi connectivity index (χ1v) is 23.3. The van der Waals surface area contributed by atoms with Crippen molar-refractivity contribution >= 4 is 15.9 Å². The Hall–Kier alpha value is -0.546. The first-order chi connectivity index (χ1) is 19.7. The van der Waals surface area contributed by atoms with Crippen molar-refractivity contribution in [2.75, 3.05) is 0 Å². The van der Waals surface area contributed by atoms with E-state index in [2.05, 4.69) is 107 Å². The van der Waals surface area contributed by atoms with Crippen LogP contribution in [0.25, 0.3) is 0 Å². The van der Waals surface area contributed by atoms with E-state index >= 15 is 0 Å². The van der Waals surface area contributed by atoms with Gasteiger partial charge in [0.2, 0.25) is 0 Å². The van der Waals surface area contributed by atoms with E-state index in [-0.39, 0.29) is 37.1 Å². The summed E-state index contributed by atoms with van der Waals surface area (Å²) in [5.41, 5.74) is 7.20. The number of phenolic OH excluding ortho intramolecular Hbond substituents is 2. The van der Waals surface area contributed by atoms with Gasteiger partial charge < -0.3 is 0 Å². The van der Waals surface area contributed by atoms with Crippen LogP contribution in [0.3, 0.4) is 0 Å². The number of phenols is 2. The van der Waals surface area contributed by atoms with Crippen LogP contribution in [0.4, 0.5) is 0 Å². The Bertz CT molecular complexity index is 1310. The summed E-state index contributed by atoms with van der Waals surface area (Å²) < 4.78 is 0. The van der Waals surface area contributed by atoms with E-state index in [1.807, 2.05) is 0 Å². The van der Waals surface area contributed by atoms with E-state index in [1.54, 1.807) is 0 Å². The zero-order chi connectivity index (χ0) is 32.1. The summed E-state index contributed by atoms with van der Waals surface area (Å²) >= 11 is -0.244. The van der Waals surface area contributed by atoms with Crippen molar-refractivity contribution in [3.63, 3.8) is 0 Å². The first-order valence-electron chi connectivity index (χ1n) is 16.6. The molecule has 2 N–H and O–H groups in total. The van der Waals surface area contributed by atoms with Gasteiger partial charge in [0.25, 0.3) is 0 Å².